The van der Waals surface area contributed by atoms with Crippen LogP contribution in [0, 0.1) is 0 Å². The number of hydrogen-bond donors (Lipinski definition) is 4. The molecule has 27 heavy (non-hydrogen) atoms. The highest BCUT2D eigenvalue weighted by molar-refractivity contribution is 7.89. The number of carboxylic acids is 2. The zero-order valence-electron chi connectivity index (χ0n) is 15.2. The molecule has 2 aromatic rings. The second-order valence-electron chi connectivity index (χ2n) is 6.38. The van der Waals surface area contributed by atoms with Crippen LogP contribution < -0.4 is 22.1 Å². The van der Waals surface area contributed by atoms with E-state index in [1.54, 1.807) is 6.07 Å². The van der Waals surface area contributed by atoms with Gasteiger partial charge >= 0.3 is 11.9 Å². The standard InChI is InChI=1S/C20H25N2O4P/c21-10-4-12-27(13-5-11-22,16-6-2-1-3-7-16)18-14-15(19(23)24)8-9-17(18)20(25)26/h1-3,6-9,14H,4-5,10-13,21-22H2,(H-,23,24,25,26)/p+1. The van der Waals surface area contributed by atoms with Gasteiger partial charge in [0.15, 0.2) is 0 Å². The fraction of sp³-hybridized carbons (Fsp3) is 0.300. The lowest BCUT2D eigenvalue weighted by molar-refractivity contribution is 0.0682. The van der Waals surface area contributed by atoms with Crippen LogP contribution in [-0.2, 0) is 0 Å². The van der Waals surface area contributed by atoms with Crippen molar-refractivity contribution in [3.8, 4) is 0 Å². The lowest BCUT2D eigenvalue weighted by Gasteiger charge is -2.29. The third-order valence-electron chi connectivity index (χ3n) is 4.67. The summed E-state index contributed by atoms with van der Waals surface area (Å²) < 4.78 is 0. The first kappa shape index (κ1) is 21.0. The van der Waals surface area contributed by atoms with Crippen molar-refractivity contribution in [3.05, 3.63) is 59.7 Å². The maximum absolute atomic E-state index is 11.9. The summed E-state index contributed by atoms with van der Waals surface area (Å²) >= 11 is 0. The molecule has 0 radical (unpaired) electrons. The Balaban J connectivity index is 2.79. The highest BCUT2D eigenvalue weighted by atomic mass is 31.2. The van der Waals surface area contributed by atoms with Gasteiger partial charge in [-0.05, 0) is 56.3 Å². The molecular weight excluding hydrogens is 363 g/mol. The molecule has 0 aliphatic carbocycles. The molecule has 7 heteroatoms. The van der Waals surface area contributed by atoms with Crippen LogP contribution in [0.1, 0.15) is 33.6 Å². The Bertz CT molecular complexity index is 788. The van der Waals surface area contributed by atoms with Crippen molar-refractivity contribution >= 4 is 29.8 Å². The molecule has 0 aliphatic rings. The van der Waals surface area contributed by atoms with Crippen LogP contribution >= 0.6 is 7.26 Å². The first-order chi connectivity index (χ1) is 13.0. The molecule has 0 unspecified atom stereocenters. The van der Waals surface area contributed by atoms with Crippen LogP contribution in [0.25, 0.3) is 0 Å². The summed E-state index contributed by atoms with van der Waals surface area (Å²) in [4.78, 5) is 23.5. The van der Waals surface area contributed by atoms with Crippen molar-refractivity contribution in [2.75, 3.05) is 25.4 Å². The fourth-order valence-corrected chi connectivity index (χ4v) is 8.09. The smallest absolute Gasteiger partial charge is 0.339 e. The average molecular weight is 389 g/mol. The molecule has 0 aromatic heterocycles. The molecular formula is C20H26N2O4P+. The quantitative estimate of drug-likeness (QED) is 0.459. The number of hydrogen-bond acceptors (Lipinski definition) is 4. The van der Waals surface area contributed by atoms with Crippen molar-refractivity contribution in [2.24, 2.45) is 11.5 Å². The zero-order chi connectivity index (χ0) is 19.9. The van der Waals surface area contributed by atoms with Crippen LogP contribution in [-0.4, -0.2) is 47.6 Å². The molecule has 0 fully saturated rings. The van der Waals surface area contributed by atoms with Gasteiger partial charge < -0.3 is 21.7 Å². The number of carbonyl (C=O) groups is 2. The van der Waals surface area contributed by atoms with E-state index in [2.05, 4.69) is 0 Å². The summed E-state index contributed by atoms with van der Waals surface area (Å²) in [6.45, 7) is 0.969. The number of rotatable bonds is 10. The maximum Gasteiger partial charge on any atom is 0.339 e. The van der Waals surface area contributed by atoms with E-state index >= 15 is 0 Å². The summed E-state index contributed by atoms with van der Waals surface area (Å²) in [6, 6.07) is 14.1. The number of benzene rings is 2. The summed E-state index contributed by atoms with van der Waals surface area (Å²) in [6.07, 6.45) is 2.89. The summed E-state index contributed by atoms with van der Waals surface area (Å²) in [5.74, 6) is -2.13. The molecule has 6 nitrogen and oxygen atoms in total. The second-order valence-corrected chi connectivity index (χ2v) is 10.2. The Morgan fingerprint density at radius 1 is 0.852 bits per heavy atom. The van der Waals surface area contributed by atoms with Gasteiger partial charge in [0, 0.05) is 0 Å². The predicted octanol–water partition coefficient (Wildman–Crippen LogP) is 1.75. The Labute approximate surface area is 159 Å². The fourth-order valence-electron chi connectivity index (χ4n) is 3.39. The molecule has 144 valence electrons. The first-order valence-electron chi connectivity index (χ1n) is 8.90. The molecule has 0 aliphatic heterocycles. The van der Waals surface area contributed by atoms with Gasteiger partial charge in [0.05, 0.1) is 30.5 Å². The van der Waals surface area contributed by atoms with E-state index < -0.39 is 19.2 Å². The normalized spacial score (nSPS) is 11.3. The van der Waals surface area contributed by atoms with Crippen LogP contribution in [0.4, 0.5) is 0 Å². The van der Waals surface area contributed by atoms with E-state index in [9.17, 15) is 19.8 Å². The van der Waals surface area contributed by atoms with Crippen molar-refractivity contribution in [1.82, 2.24) is 0 Å². The Morgan fingerprint density at radius 2 is 1.44 bits per heavy atom. The van der Waals surface area contributed by atoms with Gasteiger partial charge in [0.1, 0.15) is 10.9 Å². The monoisotopic (exact) mass is 389 g/mol. The average Bonchev–Trinajstić information content (AvgIpc) is 2.68. The third kappa shape index (κ3) is 4.72. The number of carboxylic acid groups (broad SMARTS) is 2. The van der Waals surface area contributed by atoms with Crippen LogP contribution in [0.5, 0.6) is 0 Å². The van der Waals surface area contributed by atoms with Crippen molar-refractivity contribution in [2.45, 2.75) is 12.8 Å². The van der Waals surface area contributed by atoms with Crippen LogP contribution in [0.2, 0.25) is 0 Å². The second kappa shape index (κ2) is 9.60. The molecule has 0 amide bonds. The summed E-state index contributed by atoms with van der Waals surface area (Å²) in [5, 5.41) is 20.9. The Morgan fingerprint density at radius 3 is 1.93 bits per heavy atom. The molecule has 6 N–H and O–H groups in total. The highest BCUT2D eigenvalue weighted by Gasteiger charge is 2.44. The van der Waals surface area contributed by atoms with E-state index in [4.69, 9.17) is 11.5 Å². The van der Waals surface area contributed by atoms with Gasteiger partial charge in [0.2, 0.25) is 0 Å². The van der Waals surface area contributed by atoms with Crippen molar-refractivity contribution in [3.63, 3.8) is 0 Å². The van der Waals surface area contributed by atoms with E-state index in [0.29, 0.717) is 18.4 Å². The third-order valence-corrected chi connectivity index (χ3v) is 9.41. The van der Waals surface area contributed by atoms with E-state index in [1.807, 2.05) is 30.3 Å². The number of aromatic carboxylic acids is 2. The van der Waals surface area contributed by atoms with Crippen LogP contribution in [0.15, 0.2) is 48.5 Å². The minimum Gasteiger partial charge on any atom is -0.478 e. The van der Waals surface area contributed by atoms with Gasteiger partial charge in [-0.1, -0.05) is 18.2 Å². The Kier molecular flexibility index (Phi) is 7.48. The van der Waals surface area contributed by atoms with Crippen LogP contribution in [0.3, 0.4) is 0 Å². The van der Waals surface area contributed by atoms with E-state index in [-0.39, 0.29) is 11.1 Å². The minimum atomic E-state index is -2.20. The van der Waals surface area contributed by atoms with Crippen molar-refractivity contribution < 1.29 is 19.8 Å². The predicted molar refractivity (Wildman–Crippen MR) is 110 cm³/mol. The zero-order valence-corrected chi connectivity index (χ0v) is 16.1. The van der Waals surface area contributed by atoms with Crippen molar-refractivity contribution in [1.29, 1.82) is 0 Å². The lowest BCUT2D eigenvalue weighted by Crippen LogP contribution is -2.33. The molecule has 0 bridgehead atoms. The summed E-state index contributed by atoms with van der Waals surface area (Å²) in [7, 11) is -2.20. The topological polar surface area (TPSA) is 127 Å². The summed E-state index contributed by atoms with van der Waals surface area (Å²) in [5.41, 5.74) is 11.8. The van der Waals surface area contributed by atoms with E-state index in [0.717, 1.165) is 30.5 Å². The first-order valence-corrected chi connectivity index (χ1v) is 11.1. The largest absolute Gasteiger partial charge is 0.478 e. The Hall–Kier alpha value is -2.27. The molecule has 0 saturated carbocycles. The molecule has 0 heterocycles. The molecule has 2 aromatic carbocycles. The van der Waals surface area contributed by atoms with Gasteiger partial charge in [-0.15, -0.1) is 0 Å². The van der Waals surface area contributed by atoms with E-state index in [1.165, 1.54) is 12.1 Å². The van der Waals surface area contributed by atoms with Gasteiger partial charge in [-0.25, -0.2) is 9.59 Å². The molecule has 0 spiro atoms. The maximum atomic E-state index is 11.9. The molecule has 0 saturated heterocycles. The van der Waals surface area contributed by atoms with Gasteiger partial charge in [-0.3, -0.25) is 0 Å². The molecule has 0 atom stereocenters. The number of nitrogens with two attached hydrogens (primary N) is 2. The lowest BCUT2D eigenvalue weighted by atomic mass is 10.1. The molecule has 2 rings (SSSR count). The minimum absolute atomic E-state index is 0.0933. The van der Waals surface area contributed by atoms with Gasteiger partial charge in [0.25, 0.3) is 0 Å². The highest BCUT2D eigenvalue weighted by Crippen LogP contribution is 2.58. The van der Waals surface area contributed by atoms with Gasteiger partial charge in [-0.2, -0.15) is 0 Å². The SMILES string of the molecule is NCCC[P+](CCCN)(c1ccccc1)c1cc(C(=O)O)ccc1C(=O)O.